The van der Waals surface area contributed by atoms with Crippen molar-refractivity contribution in [2.75, 3.05) is 0 Å². The Balaban J connectivity index is 2.70. The Hall–Kier alpha value is -2.89. The smallest absolute Gasteiger partial charge is 0.344 e. The molecule has 20 heavy (non-hydrogen) atoms. The molecule has 0 aliphatic carbocycles. The second-order valence-corrected chi connectivity index (χ2v) is 4.51. The van der Waals surface area contributed by atoms with Crippen LogP contribution in [0.5, 0.6) is 23.0 Å². The van der Waals surface area contributed by atoms with Gasteiger partial charge in [0.2, 0.25) is 5.75 Å². The Morgan fingerprint density at radius 2 is 1.65 bits per heavy atom. The zero-order valence-corrected chi connectivity index (χ0v) is 10.3. The van der Waals surface area contributed by atoms with Crippen molar-refractivity contribution in [3.05, 3.63) is 34.2 Å². The van der Waals surface area contributed by atoms with E-state index in [0.717, 1.165) is 0 Å². The third kappa shape index (κ3) is 1.41. The zero-order chi connectivity index (χ0) is 14.6. The van der Waals surface area contributed by atoms with Crippen LogP contribution in [0.25, 0.3) is 21.7 Å². The number of benzene rings is 2. The minimum atomic E-state index is -0.785. The highest BCUT2D eigenvalue weighted by Gasteiger charge is 2.19. The van der Waals surface area contributed by atoms with Crippen molar-refractivity contribution in [3.63, 3.8) is 0 Å². The Morgan fingerprint density at radius 3 is 2.35 bits per heavy atom. The molecule has 0 bridgehead atoms. The van der Waals surface area contributed by atoms with Gasteiger partial charge in [-0.05, 0) is 30.7 Å². The summed E-state index contributed by atoms with van der Waals surface area (Å²) in [6.07, 6.45) is 0. The van der Waals surface area contributed by atoms with Gasteiger partial charge >= 0.3 is 5.63 Å². The first-order valence-corrected chi connectivity index (χ1v) is 5.74. The summed E-state index contributed by atoms with van der Waals surface area (Å²) in [5, 5.41) is 39.3. The number of aryl methyl sites for hydroxylation is 1. The molecule has 1 heterocycles. The third-order valence-corrected chi connectivity index (χ3v) is 3.26. The number of hydrogen-bond donors (Lipinski definition) is 4. The topological polar surface area (TPSA) is 111 Å². The molecule has 0 unspecified atom stereocenters. The fourth-order valence-corrected chi connectivity index (χ4v) is 2.23. The van der Waals surface area contributed by atoms with Gasteiger partial charge in [-0.1, -0.05) is 0 Å². The summed E-state index contributed by atoms with van der Waals surface area (Å²) in [6.45, 7) is 1.53. The lowest BCUT2D eigenvalue weighted by atomic mass is 10.0. The van der Waals surface area contributed by atoms with Crippen molar-refractivity contribution in [2.45, 2.75) is 6.92 Å². The van der Waals surface area contributed by atoms with E-state index in [0.29, 0.717) is 5.56 Å². The minimum absolute atomic E-state index is 0.0645. The zero-order valence-electron chi connectivity index (χ0n) is 10.3. The van der Waals surface area contributed by atoms with Crippen LogP contribution in [0, 0.1) is 6.92 Å². The first kappa shape index (κ1) is 12.2. The highest BCUT2D eigenvalue weighted by Crippen LogP contribution is 2.42. The SMILES string of the molecule is Cc1cc2c(=O)oc3c(O)c(O)ccc3c2c(O)c1O. The lowest BCUT2D eigenvalue weighted by molar-refractivity contribution is 0.397. The average Bonchev–Trinajstić information content (AvgIpc) is 2.41. The summed E-state index contributed by atoms with van der Waals surface area (Å²) in [4.78, 5) is 11.9. The van der Waals surface area contributed by atoms with Gasteiger partial charge in [-0.15, -0.1) is 0 Å². The predicted octanol–water partition coefficient (Wildman–Crippen LogP) is 2.08. The minimum Gasteiger partial charge on any atom is -0.504 e. The van der Waals surface area contributed by atoms with Crippen LogP contribution in [0.1, 0.15) is 5.56 Å². The van der Waals surface area contributed by atoms with Crippen molar-refractivity contribution in [3.8, 4) is 23.0 Å². The third-order valence-electron chi connectivity index (χ3n) is 3.26. The molecule has 0 fully saturated rings. The molecule has 0 saturated carbocycles. The molecule has 0 radical (unpaired) electrons. The van der Waals surface area contributed by atoms with Crippen molar-refractivity contribution in [1.29, 1.82) is 0 Å². The van der Waals surface area contributed by atoms with E-state index in [2.05, 4.69) is 0 Å². The Labute approximate surface area is 111 Å². The molecule has 0 aliphatic heterocycles. The number of phenolic OH excluding ortho intramolecular Hbond substituents is 4. The van der Waals surface area contributed by atoms with E-state index in [4.69, 9.17) is 4.42 Å². The van der Waals surface area contributed by atoms with Crippen LogP contribution in [0.15, 0.2) is 27.4 Å². The maximum absolute atomic E-state index is 11.9. The van der Waals surface area contributed by atoms with E-state index in [1.807, 2.05) is 0 Å². The molecule has 0 atom stereocenters. The van der Waals surface area contributed by atoms with Crippen molar-refractivity contribution < 1.29 is 24.8 Å². The molecule has 4 N–H and O–H groups in total. The largest absolute Gasteiger partial charge is 0.504 e. The van der Waals surface area contributed by atoms with Gasteiger partial charge in [-0.3, -0.25) is 0 Å². The highest BCUT2D eigenvalue weighted by molar-refractivity contribution is 6.10. The normalized spacial score (nSPS) is 11.2. The number of hydrogen-bond acceptors (Lipinski definition) is 6. The molecule has 102 valence electrons. The highest BCUT2D eigenvalue weighted by atomic mass is 16.4. The van der Waals surface area contributed by atoms with E-state index < -0.39 is 22.9 Å². The summed E-state index contributed by atoms with van der Waals surface area (Å²) >= 11 is 0. The number of aromatic hydroxyl groups is 4. The lowest BCUT2D eigenvalue weighted by Crippen LogP contribution is -2.01. The van der Waals surface area contributed by atoms with Crippen LogP contribution in [0.4, 0.5) is 0 Å². The first-order chi connectivity index (χ1) is 9.41. The van der Waals surface area contributed by atoms with Crippen LogP contribution in [0.2, 0.25) is 0 Å². The van der Waals surface area contributed by atoms with Gasteiger partial charge in [0, 0.05) is 10.8 Å². The van der Waals surface area contributed by atoms with Gasteiger partial charge in [0.1, 0.15) is 0 Å². The Kier molecular flexibility index (Phi) is 2.31. The van der Waals surface area contributed by atoms with Crippen LogP contribution in [-0.4, -0.2) is 20.4 Å². The molecular weight excluding hydrogens is 264 g/mol. The van der Waals surface area contributed by atoms with Crippen LogP contribution < -0.4 is 5.63 Å². The Bertz CT molecular complexity index is 923. The van der Waals surface area contributed by atoms with Crippen LogP contribution in [0.3, 0.4) is 0 Å². The molecule has 2 aromatic carbocycles. The lowest BCUT2D eigenvalue weighted by Gasteiger charge is -2.09. The summed E-state index contributed by atoms with van der Waals surface area (Å²) in [6, 6.07) is 3.97. The molecule has 3 rings (SSSR count). The van der Waals surface area contributed by atoms with E-state index in [-0.39, 0.29) is 27.5 Å². The fraction of sp³-hybridized carbons (Fsp3) is 0.0714. The summed E-state index contributed by atoms with van der Waals surface area (Å²) in [7, 11) is 0. The number of rotatable bonds is 0. The molecule has 0 aliphatic rings. The molecule has 0 amide bonds. The van der Waals surface area contributed by atoms with Crippen LogP contribution >= 0.6 is 0 Å². The van der Waals surface area contributed by atoms with Gasteiger partial charge < -0.3 is 24.8 Å². The molecule has 1 aromatic heterocycles. The van der Waals surface area contributed by atoms with E-state index in [1.165, 1.54) is 25.1 Å². The molecule has 6 heteroatoms. The van der Waals surface area contributed by atoms with Crippen molar-refractivity contribution in [2.24, 2.45) is 0 Å². The molecule has 6 nitrogen and oxygen atoms in total. The molecule has 0 saturated heterocycles. The fourth-order valence-electron chi connectivity index (χ4n) is 2.23. The van der Waals surface area contributed by atoms with Gasteiger partial charge in [0.15, 0.2) is 22.8 Å². The van der Waals surface area contributed by atoms with E-state index in [1.54, 1.807) is 0 Å². The first-order valence-electron chi connectivity index (χ1n) is 5.74. The summed E-state index contributed by atoms with van der Waals surface area (Å²) in [5.41, 5.74) is -0.711. The second-order valence-electron chi connectivity index (χ2n) is 4.51. The maximum atomic E-state index is 11.9. The molecule has 3 aromatic rings. The van der Waals surface area contributed by atoms with Crippen molar-refractivity contribution >= 4 is 21.7 Å². The van der Waals surface area contributed by atoms with Crippen LogP contribution in [-0.2, 0) is 0 Å². The summed E-state index contributed by atoms with van der Waals surface area (Å²) < 4.78 is 4.98. The Morgan fingerprint density at radius 1 is 0.950 bits per heavy atom. The van der Waals surface area contributed by atoms with E-state index >= 15 is 0 Å². The molecule has 0 spiro atoms. The number of phenols is 4. The monoisotopic (exact) mass is 274 g/mol. The predicted molar refractivity (Wildman–Crippen MR) is 71.4 cm³/mol. The van der Waals surface area contributed by atoms with Gasteiger partial charge in [-0.25, -0.2) is 4.79 Å². The van der Waals surface area contributed by atoms with Gasteiger partial charge in [-0.2, -0.15) is 0 Å². The van der Waals surface area contributed by atoms with E-state index in [9.17, 15) is 25.2 Å². The molecular formula is C14H10O6. The second kappa shape index (κ2) is 3.80. The average molecular weight is 274 g/mol. The quantitative estimate of drug-likeness (QED) is 0.284. The maximum Gasteiger partial charge on any atom is 0.344 e. The number of fused-ring (bicyclic) bond motifs is 3. The summed E-state index contributed by atoms with van der Waals surface area (Å²) in [5.74, 6) is -1.86. The van der Waals surface area contributed by atoms with Crippen molar-refractivity contribution in [1.82, 2.24) is 0 Å². The van der Waals surface area contributed by atoms with Gasteiger partial charge in [0.05, 0.1) is 5.39 Å². The van der Waals surface area contributed by atoms with Gasteiger partial charge in [0.25, 0.3) is 0 Å². The standard InChI is InChI=1S/C14H10O6/c1-5-4-7-9(12(18)10(5)16)6-2-3-8(15)11(17)13(6)20-14(7)19/h2-4,15-18H,1H3.